The van der Waals surface area contributed by atoms with Gasteiger partial charge in [0.25, 0.3) is 5.69 Å². The van der Waals surface area contributed by atoms with Gasteiger partial charge in [0.2, 0.25) is 0 Å². The zero-order chi connectivity index (χ0) is 14.7. The average Bonchev–Trinajstić information content (AvgIpc) is 2.89. The molecule has 1 N–H and O–H groups in total. The van der Waals surface area contributed by atoms with E-state index in [2.05, 4.69) is 23.7 Å². The second-order valence-corrected chi connectivity index (χ2v) is 5.81. The summed E-state index contributed by atoms with van der Waals surface area (Å²) in [7, 11) is 0. The maximum absolute atomic E-state index is 12.1. The molecule has 0 radical (unpaired) electrons. The summed E-state index contributed by atoms with van der Waals surface area (Å²) >= 11 is 0. The summed E-state index contributed by atoms with van der Waals surface area (Å²) in [6.45, 7) is 6.67. The van der Waals surface area contributed by atoms with Gasteiger partial charge in [-0.25, -0.2) is 0 Å². The highest BCUT2D eigenvalue weighted by atomic mass is 16.6. The van der Waals surface area contributed by atoms with Gasteiger partial charge in [0.15, 0.2) is 5.78 Å². The van der Waals surface area contributed by atoms with Crippen LogP contribution in [0.2, 0.25) is 0 Å². The quantitative estimate of drug-likeness (QED) is 0.510. The molecule has 2 heterocycles. The van der Waals surface area contributed by atoms with Crippen molar-refractivity contribution < 1.29 is 9.72 Å². The molecule has 0 unspecified atom stereocenters. The average molecular weight is 279 g/mol. The van der Waals surface area contributed by atoms with E-state index in [0.717, 1.165) is 31.8 Å². The number of aromatic nitrogens is 1. The third-order valence-electron chi connectivity index (χ3n) is 4.12. The summed E-state index contributed by atoms with van der Waals surface area (Å²) in [5.74, 6) is 1.35. The van der Waals surface area contributed by atoms with Crippen LogP contribution < -0.4 is 0 Å². The molecule has 6 nitrogen and oxygen atoms in total. The Morgan fingerprint density at radius 1 is 1.50 bits per heavy atom. The Labute approximate surface area is 118 Å². The maximum Gasteiger partial charge on any atom is 0.287 e. The van der Waals surface area contributed by atoms with Crippen molar-refractivity contribution >= 4 is 11.5 Å². The zero-order valence-corrected chi connectivity index (χ0v) is 12.0. The van der Waals surface area contributed by atoms with Crippen LogP contribution in [0.3, 0.4) is 0 Å². The predicted octanol–water partition coefficient (Wildman–Crippen LogP) is 2.47. The number of carbonyl (C=O) groups excluding carboxylic acids is 1. The van der Waals surface area contributed by atoms with Crippen LogP contribution in [0.1, 0.15) is 37.2 Å². The Morgan fingerprint density at radius 3 is 2.65 bits per heavy atom. The van der Waals surface area contributed by atoms with E-state index < -0.39 is 4.92 Å². The summed E-state index contributed by atoms with van der Waals surface area (Å²) in [6, 6.07) is 1.31. The number of likely N-dealkylation sites (tertiary alicyclic amines) is 1. The predicted molar refractivity (Wildman–Crippen MR) is 75.8 cm³/mol. The maximum atomic E-state index is 12.1. The molecule has 0 spiro atoms. The summed E-state index contributed by atoms with van der Waals surface area (Å²) < 4.78 is 0. The molecule has 1 saturated heterocycles. The molecule has 0 aliphatic carbocycles. The molecule has 6 heteroatoms. The monoisotopic (exact) mass is 279 g/mol. The number of piperidine rings is 1. The fourth-order valence-corrected chi connectivity index (χ4v) is 2.72. The summed E-state index contributed by atoms with van der Waals surface area (Å²) in [5, 5.41) is 10.6. The SMILES string of the molecule is CC(C)C1CCN(CC(=O)c2cc([N+](=O)[O-])c[nH]2)CC1. The molecule has 1 aliphatic rings. The van der Waals surface area contributed by atoms with Crippen molar-refractivity contribution in [2.75, 3.05) is 19.6 Å². The molecule has 0 amide bonds. The summed E-state index contributed by atoms with van der Waals surface area (Å²) in [6.07, 6.45) is 3.50. The van der Waals surface area contributed by atoms with E-state index in [-0.39, 0.29) is 11.5 Å². The van der Waals surface area contributed by atoms with Crippen LogP contribution >= 0.6 is 0 Å². The normalized spacial score (nSPS) is 17.6. The first-order chi connectivity index (χ1) is 9.47. The van der Waals surface area contributed by atoms with Crippen LogP contribution in [0.25, 0.3) is 0 Å². The fourth-order valence-electron chi connectivity index (χ4n) is 2.72. The van der Waals surface area contributed by atoms with Crippen molar-refractivity contribution in [1.82, 2.24) is 9.88 Å². The first kappa shape index (κ1) is 14.7. The highest BCUT2D eigenvalue weighted by Crippen LogP contribution is 2.24. The van der Waals surface area contributed by atoms with Crippen LogP contribution in [0.15, 0.2) is 12.3 Å². The minimum absolute atomic E-state index is 0.0631. The number of nitrogens with zero attached hydrogens (tertiary/aromatic N) is 2. The number of ketones is 1. The number of nitro groups is 1. The first-order valence-electron chi connectivity index (χ1n) is 7.05. The van der Waals surface area contributed by atoms with Crippen molar-refractivity contribution in [3.05, 3.63) is 28.1 Å². The third kappa shape index (κ3) is 3.45. The van der Waals surface area contributed by atoms with Crippen LogP contribution in [-0.4, -0.2) is 40.2 Å². The lowest BCUT2D eigenvalue weighted by Crippen LogP contribution is -2.38. The molecule has 1 aromatic rings. The molecule has 1 aromatic heterocycles. The number of hydrogen-bond donors (Lipinski definition) is 1. The number of aromatic amines is 1. The van der Waals surface area contributed by atoms with Gasteiger partial charge >= 0.3 is 0 Å². The molecule has 0 bridgehead atoms. The first-order valence-corrected chi connectivity index (χ1v) is 7.05. The van der Waals surface area contributed by atoms with E-state index >= 15 is 0 Å². The second-order valence-electron chi connectivity index (χ2n) is 5.81. The summed E-state index contributed by atoms with van der Waals surface area (Å²) in [4.78, 5) is 27.0. The van der Waals surface area contributed by atoms with Crippen LogP contribution in [0.5, 0.6) is 0 Å². The van der Waals surface area contributed by atoms with Gasteiger partial charge in [-0.3, -0.25) is 19.8 Å². The van der Waals surface area contributed by atoms with Crippen molar-refractivity contribution in [1.29, 1.82) is 0 Å². The molecule has 0 atom stereocenters. The summed E-state index contributed by atoms with van der Waals surface area (Å²) in [5.41, 5.74) is 0.259. The van der Waals surface area contributed by atoms with Gasteiger partial charge < -0.3 is 4.98 Å². The molecular weight excluding hydrogens is 258 g/mol. The van der Waals surface area contributed by atoms with E-state index in [1.54, 1.807) is 0 Å². The minimum atomic E-state index is -0.499. The van der Waals surface area contributed by atoms with Crippen molar-refractivity contribution in [3.8, 4) is 0 Å². The third-order valence-corrected chi connectivity index (χ3v) is 4.12. The number of hydrogen-bond acceptors (Lipinski definition) is 4. The molecule has 20 heavy (non-hydrogen) atoms. The van der Waals surface area contributed by atoms with Gasteiger partial charge in [0, 0.05) is 6.07 Å². The Bertz CT molecular complexity index is 488. The zero-order valence-electron chi connectivity index (χ0n) is 12.0. The van der Waals surface area contributed by atoms with Gasteiger partial charge in [-0.2, -0.15) is 0 Å². The van der Waals surface area contributed by atoms with Gasteiger partial charge in [0.1, 0.15) is 0 Å². The Balaban J connectivity index is 1.87. The molecule has 110 valence electrons. The lowest BCUT2D eigenvalue weighted by Gasteiger charge is -2.33. The number of nitrogens with one attached hydrogen (secondary N) is 1. The highest BCUT2D eigenvalue weighted by Gasteiger charge is 2.24. The van der Waals surface area contributed by atoms with Gasteiger partial charge in [-0.05, 0) is 37.8 Å². The Kier molecular flexibility index (Phi) is 4.54. The lowest BCUT2D eigenvalue weighted by atomic mass is 9.86. The lowest BCUT2D eigenvalue weighted by molar-refractivity contribution is -0.384. The molecule has 1 aliphatic heterocycles. The fraction of sp³-hybridized carbons (Fsp3) is 0.643. The van der Waals surface area contributed by atoms with Gasteiger partial charge in [0.05, 0.1) is 23.4 Å². The molecule has 0 saturated carbocycles. The van der Waals surface area contributed by atoms with Crippen LogP contribution in [0.4, 0.5) is 5.69 Å². The van der Waals surface area contributed by atoms with E-state index in [4.69, 9.17) is 0 Å². The number of H-pyrrole nitrogens is 1. The Hall–Kier alpha value is -1.69. The second kappa shape index (κ2) is 6.17. The highest BCUT2D eigenvalue weighted by molar-refractivity contribution is 5.96. The van der Waals surface area contributed by atoms with Crippen molar-refractivity contribution in [2.24, 2.45) is 11.8 Å². The largest absolute Gasteiger partial charge is 0.353 e. The number of carbonyl (C=O) groups is 1. The molecule has 1 fully saturated rings. The molecule has 2 rings (SSSR count). The van der Waals surface area contributed by atoms with Crippen LogP contribution in [-0.2, 0) is 0 Å². The molecular formula is C14H21N3O3. The smallest absolute Gasteiger partial charge is 0.287 e. The topological polar surface area (TPSA) is 79.2 Å². The van der Waals surface area contributed by atoms with Crippen molar-refractivity contribution in [3.63, 3.8) is 0 Å². The Morgan fingerprint density at radius 2 is 2.15 bits per heavy atom. The van der Waals surface area contributed by atoms with E-state index in [1.807, 2.05) is 0 Å². The minimum Gasteiger partial charge on any atom is -0.353 e. The van der Waals surface area contributed by atoms with E-state index in [9.17, 15) is 14.9 Å². The van der Waals surface area contributed by atoms with Gasteiger partial charge in [-0.1, -0.05) is 13.8 Å². The number of Topliss-reactive ketones (excluding diaryl/α,β-unsaturated/α-hetero) is 1. The van der Waals surface area contributed by atoms with Crippen molar-refractivity contribution in [2.45, 2.75) is 26.7 Å². The van der Waals surface area contributed by atoms with Gasteiger partial charge in [-0.15, -0.1) is 0 Å². The van der Waals surface area contributed by atoms with Crippen LogP contribution in [0, 0.1) is 22.0 Å². The van der Waals surface area contributed by atoms with E-state index in [0.29, 0.717) is 18.2 Å². The number of rotatable bonds is 5. The van der Waals surface area contributed by atoms with E-state index in [1.165, 1.54) is 12.3 Å². The standard InChI is InChI=1S/C14H21N3O3/c1-10(2)11-3-5-16(6-4-11)9-14(18)13-7-12(8-15-13)17(19)20/h7-8,10-11,15H,3-6,9H2,1-2H3. The molecule has 0 aromatic carbocycles.